The smallest absolute Gasteiger partial charge is 0.282 e. The lowest BCUT2D eigenvalue weighted by atomic mass is 9.87. The Hall–Kier alpha value is -5.87. The molecule has 3 aromatic carbocycles. The second-order valence-corrected chi connectivity index (χ2v) is 17.0. The highest BCUT2D eigenvalue weighted by atomic mass is 79.9. The number of carbonyl (C=O) groups is 5. The van der Waals surface area contributed by atoms with Crippen LogP contribution in [0.25, 0.3) is 0 Å². The number of nitrogens with zero attached hydrogens (tertiary/aromatic N) is 6. The van der Waals surface area contributed by atoms with Crippen molar-refractivity contribution in [1.29, 1.82) is 0 Å². The van der Waals surface area contributed by atoms with Crippen LogP contribution < -0.4 is 25.8 Å². The number of benzene rings is 3. The van der Waals surface area contributed by atoms with Crippen molar-refractivity contribution in [2.45, 2.75) is 56.5 Å². The zero-order chi connectivity index (χ0) is 43.4. The van der Waals surface area contributed by atoms with Gasteiger partial charge in [0, 0.05) is 71.0 Å². The monoisotopic (exact) mass is 894 g/mol. The minimum Gasteiger partial charge on any atom is -0.493 e. The number of aromatic nitrogens is 2. The molecule has 2 N–H and O–H groups in total. The fourth-order valence-electron chi connectivity index (χ4n) is 8.37. The number of hydrogen-bond acceptors (Lipinski definition) is 11. The predicted molar refractivity (Wildman–Crippen MR) is 234 cm³/mol. The number of piperidine rings is 2. The summed E-state index contributed by atoms with van der Waals surface area (Å²) in [5, 5.41) is 9.87. The SMILES string of the molecule is CN1C[C@@H](Nc2cnn(C)c(=O)c2Br)C[C@@H](c2ccc(C(=O)N(C)CCCN(C)c3ccc(CCCOc4cccc5c4C(=O)N(C4CCC(=O)NC4=O)C5=O)cc3)cc2)C1. The number of rotatable bonds is 15. The van der Waals surface area contributed by atoms with Crippen LogP contribution in [0.15, 0.2) is 82.2 Å². The number of aryl methyl sites for hydroxylation is 2. The average molecular weight is 896 g/mol. The van der Waals surface area contributed by atoms with Gasteiger partial charge < -0.3 is 24.8 Å². The zero-order valence-corrected chi connectivity index (χ0v) is 36.4. The fourth-order valence-corrected chi connectivity index (χ4v) is 8.84. The van der Waals surface area contributed by atoms with E-state index in [2.05, 4.69) is 84.9 Å². The molecule has 0 aliphatic carbocycles. The predicted octanol–water partition coefficient (Wildman–Crippen LogP) is 4.45. The van der Waals surface area contributed by atoms with Gasteiger partial charge in [-0.3, -0.25) is 39.0 Å². The van der Waals surface area contributed by atoms with Crippen molar-refractivity contribution in [1.82, 2.24) is 29.8 Å². The molecule has 15 nitrogen and oxygen atoms in total. The van der Waals surface area contributed by atoms with Crippen LogP contribution in [0.5, 0.6) is 5.75 Å². The number of carbonyl (C=O) groups excluding carboxylic acids is 5. The third-order valence-corrected chi connectivity index (χ3v) is 12.5. The lowest BCUT2D eigenvalue weighted by Gasteiger charge is -2.37. The Labute approximate surface area is 363 Å². The summed E-state index contributed by atoms with van der Waals surface area (Å²) in [6.07, 6.45) is 4.91. The molecule has 16 heteroatoms. The van der Waals surface area contributed by atoms with E-state index in [9.17, 15) is 28.8 Å². The van der Waals surface area contributed by atoms with E-state index in [1.54, 1.807) is 36.3 Å². The van der Waals surface area contributed by atoms with E-state index in [0.29, 0.717) is 41.0 Å². The number of fused-ring (bicyclic) bond motifs is 1. The summed E-state index contributed by atoms with van der Waals surface area (Å²) in [7, 11) is 7.59. The summed E-state index contributed by atoms with van der Waals surface area (Å²) in [6.45, 7) is 3.43. The maximum Gasteiger partial charge on any atom is 0.282 e. The van der Waals surface area contributed by atoms with Gasteiger partial charge in [-0.1, -0.05) is 30.3 Å². The molecule has 4 heterocycles. The Morgan fingerprint density at radius 1 is 0.934 bits per heavy atom. The van der Waals surface area contributed by atoms with E-state index < -0.39 is 29.7 Å². The first-order chi connectivity index (χ1) is 29.3. The number of imide groups is 2. The second kappa shape index (κ2) is 18.8. The van der Waals surface area contributed by atoms with E-state index >= 15 is 0 Å². The molecule has 7 rings (SSSR count). The lowest BCUT2D eigenvalue weighted by Crippen LogP contribution is -2.54. The van der Waals surface area contributed by atoms with Crippen LogP contribution in [0.1, 0.15) is 80.2 Å². The summed E-state index contributed by atoms with van der Waals surface area (Å²) in [6, 6.07) is 20.2. The molecule has 3 aliphatic heterocycles. The third-order valence-electron chi connectivity index (χ3n) is 11.7. The Bertz CT molecular complexity index is 2370. The summed E-state index contributed by atoms with van der Waals surface area (Å²) in [4.78, 5) is 83.4. The maximum atomic E-state index is 13.4. The van der Waals surface area contributed by atoms with Gasteiger partial charge in [0.1, 0.15) is 16.3 Å². The van der Waals surface area contributed by atoms with Crippen LogP contribution in [0.3, 0.4) is 0 Å². The van der Waals surface area contributed by atoms with E-state index in [4.69, 9.17) is 4.74 Å². The highest BCUT2D eigenvalue weighted by Crippen LogP contribution is 2.34. The molecule has 2 fully saturated rings. The van der Waals surface area contributed by atoms with Crippen molar-refractivity contribution in [2.75, 3.05) is 64.1 Å². The van der Waals surface area contributed by atoms with E-state index in [1.165, 1.54) is 10.2 Å². The highest BCUT2D eigenvalue weighted by Gasteiger charge is 2.46. The van der Waals surface area contributed by atoms with Crippen molar-refractivity contribution >= 4 is 56.8 Å². The van der Waals surface area contributed by atoms with Gasteiger partial charge >= 0.3 is 0 Å². The third kappa shape index (κ3) is 9.70. The molecule has 0 bridgehead atoms. The van der Waals surface area contributed by atoms with Crippen LogP contribution in [0.2, 0.25) is 0 Å². The average Bonchev–Trinajstić information content (AvgIpc) is 3.51. The molecule has 0 radical (unpaired) electrons. The molecule has 0 saturated carbocycles. The Kier molecular flexibility index (Phi) is 13.3. The maximum absolute atomic E-state index is 13.4. The quantitative estimate of drug-likeness (QED) is 0.128. The van der Waals surface area contributed by atoms with Crippen molar-refractivity contribution in [2.24, 2.45) is 7.05 Å². The summed E-state index contributed by atoms with van der Waals surface area (Å²) >= 11 is 3.42. The Balaban J connectivity index is 0.836. The zero-order valence-electron chi connectivity index (χ0n) is 34.9. The summed E-state index contributed by atoms with van der Waals surface area (Å²) < 4.78 is 7.77. The Morgan fingerprint density at radius 2 is 1.69 bits per heavy atom. The number of ether oxygens (including phenoxy) is 1. The van der Waals surface area contributed by atoms with Crippen LogP contribution >= 0.6 is 15.9 Å². The second-order valence-electron chi connectivity index (χ2n) is 16.2. The van der Waals surface area contributed by atoms with Crippen molar-refractivity contribution < 1.29 is 28.7 Å². The largest absolute Gasteiger partial charge is 0.493 e. The molecule has 3 aliphatic rings. The molecule has 61 heavy (non-hydrogen) atoms. The van der Waals surface area contributed by atoms with E-state index in [-0.39, 0.29) is 47.4 Å². The number of likely N-dealkylation sites (tertiary alicyclic amines) is 1. The molecule has 1 unspecified atom stereocenters. The number of likely N-dealkylation sites (N-methyl/N-ethyl adjacent to an activating group) is 1. The van der Waals surface area contributed by atoms with Crippen LogP contribution in [-0.4, -0.2) is 120 Å². The number of anilines is 2. The fraction of sp³-hybridized carbons (Fsp3) is 0.400. The minimum absolute atomic E-state index is 0.0169. The molecule has 1 aromatic heterocycles. The van der Waals surface area contributed by atoms with Crippen molar-refractivity contribution in [3.63, 3.8) is 0 Å². The van der Waals surface area contributed by atoms with Crippen molar-refractivity contribution in [3.8, 4) is 5.75 Å². The molecule has 2 saturated heterocycles. The number of hydrogen-bond donors (Lipinski definition) is 2. The van der Waals surface area contributed by atoms with Gasteiger partial charge in [0.25, 0.3) is 23.3 Å². The summed E-state index contributed by atoms with van der Waals surface area (Å²) in [5.41, 5.74) is 4.86. The highest BCUT2D eigenvalue weighted by molar-refractivity contribution is 9.10. The number of amides is 5. The van der Waals surface area contributed by atoms with E-state index in [1.807, 2.05) is 26.2 Å². The van der Waals surface area contributed by atoms with Gasteiger partial charge in [-0.15, -0.1) is 0 Å². The molecule has 320 valence electrons. The lowest BCUT2D eigenvalue weighted by molar-refractivity contribution is -0.136. The molecule has 0 spiro atoms. The van der Waals surface area contributed by atoms with Crippen LogP contribution in [0, 0.1) is 0 Å². The first-order valence-corrected chi connectivity index (χ1v) is 21.4. The normalized spacial score (nSPS) is 19.1. The molecule has 4 aromatic rings. The topological polar surface area (TPSA) is 166 Å². The first kappa shape index (κ1) is 43.2. The molecule has 5 amide bonds. The molecular weight excluding hydrogens is 844 g/mol. The van der Waals surface area contributed by atoms with Gasteiger partial charge in [0.05, 0.1) is 29.6 Å². The van der Waals surface area contributed by atoms with Gasteiger partial charge in [-0.2, -0.15) is 5.10 Å². The van der Waals surface area contributed by atoms with Gasteiger partial charge in [0.2, 0.25) is 11.8 Å². The number of nitrogens with one attached hydrogen (secondary N) is 2. The molecular formula is C45H51BrN8O7. The minimum atomic E-state index is -1.03. The van der Waals surface area contributed by atoms with Crippen LogP contribution in [-0.2, 0) is 23.1 Å². The van der Waals surface area contributed by atoms with Crippen molar-refractivity contribution in [3.05, 3.63) is 116 Å². The van der Waals surface area contributed by atoms with Gasteiger partial charge in [-0.05, 0) is 109 Å². The number of halogens is 1. The van der Waals surface area contributed by atoms with E-state index in [0.717, 1.165) is 55.0 Å². The standard InChI is InChI=1S/C45H51BrN8O7/c1-50-26-31(24-32(27-50)48-35-25-47-53(4)45(60)40(35)46)29-13-15-30(16-14-29)42(57)52(3)22-7-21-51(2)33-17-11-28(12-18-33)8-6-23-61-37-10-5-9-34-39(37)44(59)54(43(34)58)36-19-20-38(55)49-41(36)56/h5,9-18,25,31-32,36,48H,6-8,19-24,26-27H2,1-4H3,(H,49,55,56)/t31-,32+,36?/m1/s1. The van der Waals surface area contributed by atoms with Gasteiger partial charge in [0.15, 0.2) is 0 Å². The summed E-state index contributed by atoms with van der Waals surface area (Å²) in [5.74, 6) is -1.67. The molecule has 3 atom stereocenters. The first-order valence-electron chi connectivity index (χ1n) is 20.6. The van der Waals surface area contributed by atoms with Crippen LogP contribution in [0.4, 0.5) is 11.4 Å². The Morgan fingerprint density at radius 3 is 2.43 bits per heavy atom. The van der Waals surface area contributed by atoms with Gasteiger partial charge in [-0.25, -0.2) is 4.68 Å².